The summed E-state index contributed by atoms with van der Waals surface area (Å²) in [4.78, 5) is 22.5. The molecule has 3 nitrogen and oxygen atoms in total. The van der Waals surface area contributed by atoms with E-state index in [1.807, 2.05) is 44.2 Å². The quantitative estimate of drug-likeness (QED) is 0.642. The predicted octanol–water partition coefficient (Wildman–Crippen LogP) is 3.17. The molecular formula is C16H22O3. The van der Waals surface area contributed by atoms with Crippen LogP contribution in [0.4, 0.5) is 0 Å². The van der Waals surface area contributed by atoms with Crippen LogP contribution in [0.25, 0.3) is 0 Å². The molecule has 0 heterocycles. The molecule has 0 aliphatic rings. The summed E-state index contributed by atoms with van der Waals surface area (Å²) >= 11 is 0. The molecular weight excluding hydrogens is 240 g/mol. The van der Waals surface area contributed by atoms with Crippen molar-refractivity contribution in [1.29, 1.82) is 0 Å². The predicted molar refractivity (Wildman–Crippen MR) is 74.8 cm³/mol. The Hall–Kier alpha value is -1.48. The largest absolute Gasteiger partial charge is 0.376 e. The Morgan fingerprint density at radius 1 is 1.32 bits per heavy atom. The zero-order valence-electron chi connectivity index (χ0n) is 11.7. The minimum absolute atomic E-state index is 0.191. The van der Waals surface area contributed by atoms with Gasteiger partial charge in [0.25, 0.3) is 0 Å². The van der Waals surface area contributed by atoms with Gasteiger partial charge in [0.2, 0.25) is 0 Å². The molecule has 1 aromatic rings. The van der Waals surface area contributed by atoms with Gasteiger partial charge >= 0.3 is 0 Å². The van der Waals surface area contributed by atoms with Gasteiger partial charge in [-0.1, -0.05) is 44.2 Å². The first-order valence-electron chi connectivity index (χ1n) is 6.69. The fourth-order valence-electron chi connectivity index (χ4n) is 1.74. The van der Waals surface area contributed by atoms with Crippen molar-refractivity contribution in [2.45, 2.75) is 39.7 Å². The molecule has 0 N–H and O–H groups in total. The van der Waals surface area contributed by atoms with E-state index in [-0.39, 0.29) is 5.78 Å². The van der Waals surface area contributed by atoms with Crippen LogP contribution in [0.15, 0.2) is 30.3 Å². The smallest absolute Gasteiger partial charge is 0.132 e. The molecule has 0 saturated carbocycles. The standard InChI is InChI=1S/C16H22O3/c1-3-15(18)9-10-16(2,12-17)13-19-11-14-7-5-4-6-8-14/h4-8,12H,3,9-11,13H2,1-2H3/t16-/m1/s1. The van der Waals surface area contributed by atoms with Crippen LogP contribution in [0.3, 0.4) is 0 Å². The maximum Gasteiger partial charge on any atom is 0.132 e. The van der Waals surface area contributed by atoms with Gasteiger partial charge in [0, 0.05) is 18.3 Å². The minimum Gasteiger partial charge on any atom is -0.376 e. The fourth-order valence-corrected chi connectivity index (χ4v) is 1.74. The van der Waals surface area contributed by atoms with Crippen LogP contribution in [-0.4, -0.2) is 18.7 Å². The summed E-state index contributed by atoms with van der Waals surface area (Å²) in [7, 11) is 0. The third-order valence-corrected chi connectivity index (χ3v) is 3.20. The molecule has 0 saturated heterocycles. The van der Waals surface area contributed by atoms with E-state index in [0.717, 1.165) is 11.8 Å². The zero-order chi connectivity index (χ0) is 14.1. The van der Waals surface area contributed by atoms with Crippen molar-refractivity contribution in [2.24, 2.45) is 5.41 Å². The van der Waals surface area contributed by atoms with Gasteiger partial charge in [0.15, 0.2) is 0 Å². The first kappa shape index (κ1) is 15.6. The third kappa shape index (κ3) is 5.79. The van der Waals surface area contributed by atoms with Crippen LogP contribution in [0.2, 0.25) is 0 Å². The van der Waals surface area contributed by atoms with E-state index < -0.39 is 5.41 Å². The van der Waals surface area contributed by atoms with Crippen molar-refractivity contribution in [3.63, 3.8) is 0 Å². The molecule has 0 unspecified atom stereocenters. The molecule has 0 aliphatic heterocycles. The average Bonchev–Trinajstić information content (AvgIpc) is 2.46. The van der Waals surface area contributed by atoms with E-state index in [0.29, 0.717) is 32.5 Å². The van der Waals surface area contributed by atoms with Crippen molar-refractivity contribution < 1.29 is 14.3 Å². The van der Waals surface area contributed by atoms with Gasteiger partial charge in [-0.25, -0.2) is 0 Å². The molecule has 0 amide bonds. The van der Waals surface area contributed by atoms with E-state index in [9.17, 15) is 9.59 Å². The first-order chi connectivity index (χ1) is 9.09. The number of carbonyl (C=O) groups excluding carboxylic acids is 2. The summed E-state index contributed by atoms with van der Waals surface area (Å²) in [6.07, 6.45) is 2.43. The molecule has 104 valence electrons. The topological polar surface area (TPSA) is 43.4 Å². The van der Waals surface area contributed by atoms with Crippen LogP contribution in [0, 0.1) is 5.41 Å². The Bertz CT molecular complexity index is 400. The second kappa shape index (κ2) is 7.85. The molecule has 0 spiro atoms. The third-order valence-electron chi connectivity index (χ3n) is 3.20. The lowest BCUT2D eigenvalue weighted by Gasteiger charge is -2.22. The summed E-state index contributed by atoms with van der Waals surface area (Å²) < 4.78 is 5.60. The molecule has 0 radical (unpaired) electrons. The fraction of sp³-hybridized carbons (Fsp3) is 0.500. The Morgan fingerprint density at radius 3 is 2.58 bits per heavy atom. The molecule has 1 aromatic carbocycles. The Kier molecular flexibility index (Phi) is 6.43. The monoisotopic (exact) mass is 262 g/mol. The summed E-state index contributed by atoms with van der Waals surface area (Å²) in [6, 6.07) is 9.84. The van der Waals surface area contributed by atoms with Gasteiger partial charge in [0.05, 0.1) is 13.2 Å². The van der Waals surface area contributed by atoms with Crippen LogP contribution in [0.1, 0.15) is 38.7 Å². The maximum atomic E-state index is 11.3. The number of hydrogen-bond donors (Lipinski definition) is 0. The molecule has 0 bridgehead atoms. The van der Waals surface area contributed by atoms with Gasteiger partial charge in [-0.05, 0) is 12.0 Å². The lowest BCUT2D eigenvalue weighted by molar-refractivity contribution is -0.122. The Balaban J connectivity index is 2.38. The normalized spacial score (nSPS) is 13.8. The van der Waals surface area contributed by atoms with Crippen LogP contribution in [0.5, 0.6) is 0 Å². The minimum atomic E-state index is -0.570. The van der Waals surface area contributed by atoms with Crippen LogP contribution >= 0.6 is 0 Å². The molecule has 3 heteroatoms. The van der Waals surface area contributed by atoms with Gasteiger partial charge in [0.1, 0.15) is 12.1 Å². The summed E-state index contributed by atoms with van der Waals surface area (Å²) in [5.74, 6) is 0.191. The molecule has 0 fully saturated rings. The van der Waals surface area contributed by atoms with Crippen molar-refractivity contribution >= 4 is 12.1 Å². The van der Waals surface area contributed by atoms with Crippen molar-refractivity contribution in [3.05, 3.63) is 35.9 Å². The van der Waals surface area contributed by atoms with E-state index in [1.54, 1.807) is 0 Å². The van der Waals surface area contributed by atoms with E-state index >= 15 is 0 Å². The number of rotatable bonds is 9. The van der Waals surface area contributed by atoms with Crippen LogP contribution < -0.4 is 0 Å². The lowest BCUT2D eigenvalue weighted by Crippen LogP contribution is -2.26. The summed E-state index contributed by atoms with van der Waals surface area (Å²) in [6.45, 7) is 4.52. The van der Waals surface area contributed by atoms with Gasteiger partial charge in [-0.15, -0.1) is 0 Å². The number of ether oxygens (including phenoxy) is 1. The van der Waals surface area contributed by atoms with Gasteiger partial charge < -0.3 is 9.53 Å². The van der Waals surface area contributed by atoms with Gasteiger partial charge in [-0.2, -0.15) is 0 Å². The van der Waals surface area contributed by atoms with E-state index in [1.165, 1.54) is 0 Å². The number of Topliss-reactive ketones (excluding diaryl/α,β-unsaturated/α-hetero) is 1. The number of ketones is 1. The highest BCUT2D eigenvalue weighted by Gasteiger charge is 2.24. The Labute approximate surface area is 115 Å². The number of carbonyl (C=O) groups is 2. The SMILES string of the molecule is CCC(=O)CC[C@](C)(C=O)COCc1ccccc1. The summed E-state index contributed by atoms with van der Waals surface area (Å²) in [5.41, 5.74) is 0.514. The second-order valence-electron chi connectivity index (χ2n) is 5.14. The highest BCUT2D eigenvalue weighted by atomic mass is 16.5. The van der Waals surface area contributed by atoms with Crippen molar-refractivity contribution in [2.75, 3.05) is 6.61 Å². The Morgan fingerprint density at radius 2 is 2.00 bits per heavy atom. The zero-order valence-corrected chi connectivity index (χ0v) is 11.7. The lowest BCUT2D eigenvalue weighted by atomic mass is 9.87. The highest BCUT2D eigenvalue weighted by Crippen LogP contribution is 2.22. The van der Waals surface area contributed by atoms with Gasteiger partial charge in [-0.3, -0.25) is 4.79 Å². The molecule has 1 atom stereocenters. The number of aldehydes is 1. The molecule has 19 heavy (non-hydrogen) atoms. The van der Waals surface area contributed by atoms with Crippen molar-refractivity contribution in [1.82, 2.24) is 0 Å². The van der Waals surface area contributed by atoms with Crippen LogP contribution in [-0.2, 0) is 20.9 Å². The van der Waals surface area contributed by atoms with E-state index in [4.69, 9.17) is 4.74 Å². The summed E-state index contributed by atoms with van der Waals surface area (Å²) in [5, 5.41) is 0. The number of hydrogen-bond acceptors (Lipinski definition) is 3. The maximum absolute atomic E-state index is 11.3. The molecule has 0 aromatic heterocycles. The van der Waals surface area contributed by atoms with E-state index in [2.05, 4.69) is 0 Å². The highest BCUT2D eigenvalue weighted by molar-refractivity contribution is 5.78. The molecule has 1 rings (SSSR count). The van der Waals surface area contributed by atoms with Crippen molar-refractivity contribution in [3.8, 4) is 0 Å². The number of benzene rings is 1. The second-order valence-corrected chi connectivity index (χ2v) is 5.14. The first-order valence-corrected chi connectivity index (χ1v) is 6.69. The molecule has 0 aliphatic carbocycles. The average molecular weight is 262 g/mol.